The highest BCUT2D eigenvalue weighted by Crippen LogP contribution is 2.41. The predicted molar refractivity (Wildman–Crippen MR) is 76.0 cm³/mol. The minimum absolute atomic E-state index is 0.504. The number of hydrogen-bond acceptors (Lipinski definition) is 3. The van der Waals surface area contributed by atoms with Crippen LogP contribution in [0.5, 0.6) is 0 Å². The number of aromatic nitrogens is 3. The molecule has 1 saturated carbocycles. The molecular weight excluding hydrogens is 248 g/mol. The van der Waals surface area contributed by atoms with E-state index in [1.54, 1.807) is 6.20 Å². The van der Waals surface area contributed by atoms with Crippen LogP contribution in [-0.2, 0) is 0 Å². The normalized spacial score (nSPS) is 14.3. The molecule has 0 atom stereocenters. The molecule has 2 aromatic heterocycles. The van der Waals surface area contributed by atoms with Crippen LogP contribution in [0.4, 0.5) is 0 Å². The monoisotopic (exact) mass is 260 g/mol. The number of pyridine rings is 1. The molecule has 4 heteroatoms. The largest absolute Gasteiger partial charge is 0.321 e. The van der Waals surface area contributed by atoms with Crippen LogP contribution >= 0.6 is 0 Å². The van der Waals surface area contributed by atoms with Gasteiger partial charge in [-0.25, -0.2) is 4.98 Å². The maximum Gasteiger partial charge on any atom is 0.142 e. The Morgan fingerprint density at radius 2 is 2.15 bits per heavy atom. The second kappa shape index (κ2) is 4.17. The average Bonchev–Trinajstić information content (AvgIpc) is 3.27. The van der Waals surface area contributed by atoms with Crippen molar-refractivity contribution in [2.24, 2.45) is 0 Å². The van der Waals surface area contributed by atoms with E-state index in [0.29, 0.717) is 11.6 Å². The summed E-state index contributed by atoms with van der Waals surface area (Å²) in [7, 11) is 0. The lowest BCUT2D eigenvalue weighted by atomic mass is 10.2. The Labute approximate surface area is 116 Å². The van der Waals surface area contributed by atoms with Crippen LogP contribution in [-0.4, -0.2) is 14.5 Å². The SMILES string of the molecule is N#Cc1ccc2nc(-c3cccnc3)n(C3CC3)c2c1. The molecule has 3 aromatic rings. The molecule has 0 unspecified atom stereocenters. The van der Waals surface area contributed by atoms with Crippen molar-refractivity contribution < 1.29 is 0 Å². The maximum atomic E-state index is 9.08. The molecular formula is C16H12N4. The summed E-state index contributed by atoms with van der Waals surface area (Å²) in [6, 6.07) is 12.3. The first-order valence-electron chi connectivity index (χ1n) is 6.69. The summed E-state index contributed by atoms with van der Waals surface area (Å²) in [6.07, 6.45) is 5.96. The summed E-state index contributed by atoms with van der Waals surface area (Å²) in [5, 5.41) is 9.08. The summed E-state index contributed by atoms with van der Waals surface area (Å²) in [4.78, 5) is 8.91. The van der Waals surface area contributed by atoms with Gasteiger partial charge in [-0.15, -0.1) is 0 Å². The summed E-state index contributed by atoms with van der Waals surface area (Å²) in [6.45, 7) is 0. The van der Waals surface area contributed by atoms with Crippen molar-refractivity contribution in [3.8, 4) is 17.5 Å². The zero-order valence-corrected chi connectivity index (χ0v) is 10.8. The van der Waals surface area contributed by atoms with Gasteiger partial charge in [0.15, 0.2) is 0 Å². The molecule has 1 aromatic carbocycles. The first kappa shape index (κ1) is 11.2. The lowest BCUT2D eigenvalue weighted by Crippen LogP contribution is -1.97. The molecule has 0 bridgehead atoms. The molecule has 2 heterocycles. The van der Waals surface area contributed by atoms with Crippen molar-refractivity contribution in [1.29, 1.82) is 5.26 Å². The van der Waals surface area contributed by atoms with Gasteiger partial charge in [0.25, 0.3) is 0 Å². The molecule has 0 radical (unpaired) electrons. The Morgan fingerprint density at radius 1 is 1.25 bits per heavy atom. The van der Waals surface area contributed by atoms with Crippen molar-refractivity contribution in [1.82, 2.24) is 14.5 Å². The summed E-state index contributed by atoms with van der Waals surface area (Å²) in [5.41, 5.74) is 3.69. The van der Waals surface area contributed by atoms with Crippen LogP contribution in [0.1, 0.15) is 24.4 Å². The van der Waals surface area contributed by atoms with Gasteiger partial charge in [0.05, 0.1) is 22.7 Å². The predicted octanol–water partition coefficient (Wildman–Crippen LogP) is 3.30. The molecule has 4 nitrogen and oxygen atoms in total. The molecule has 4 rings (SSSR count). The van der Waals surface area contributed by atoms with E-state index in [2.05, 4.69) is 15.6 Å². The van der Waals surface area contributed by atoms with E-state index in [4.69, 9.17) is 10.2 Å². The van der Waals surface area contributed by atoms with Crippen molar-refractivity contribution >= 4 is 11.0 Å². The van der Waals surface area contributed by atoms with Crippen LogP contribution in [0.15, 0.2) is 42.7 Å². The van der Waals surface area contributed by atoms with E-state index in [0.717, 1.165) is 22.4 Å². The van der Waals surface area contributed by atoms with Crippen LogP contribution in [0.3, 0.4) is 0 Å². The molecule has 20 heavy (non-hydrogen) atoms. The summed E-state index contributed by atoms with van der Waals surface area (Å²) in [5.74, 6) is 0.950. The number of rotatable bonds is 2. The summed E-state index contributed by atoms with van der Waals surface area (Å²) < 4.78 is 2.26. The van der Waals surface area contributed by atoms with Gasteiger partial charge >= 0.3 is 0 Å². The maximum absolute atomic E-state index is 9.08. The van der Waals surface area contributed by atoms with E-state index < -0.39 is 0 Å². The van der Waals surface area contributed by atoms with Crippen molar-refractivity contribution in [3.63, 3.8) is 0 Å². The van der Waals surface area contributed by atoms with Crippen molar-refractivity contribution in [2.45, 2.75) is 18.9 Å². The zero-order chi connectivity index (χ0) is 13.5. The third-order valence-electron chi connectivity index (χ3n) is 3.65. The van der Waals surface area contributed by atoms with Gasteiger partial charge < -0.3 is 4.57 Å². The summed E-state index contributed by atoms with van der Waals surface area (Å²) >= 11 is 0. The Bertz CT molecular complexity index is 823. The standard InChI is InChI=1S/C16H12N4/c17-9-11-3-6-14-15(8-11)20(13-4-5-13)16(19-14)12-2-1-7-18-10-12/h1-3,6-8,10,13H,4-5H2. The molecule has 0 spiro atoms. The van der Waals surface area contributed by atoms with Gasteiger partial charge in [0.1, 0.15) is 5.82 Å². The first-order chi connectivity index (χ1) is 9.86. The average molecular weight is 260 g/mol. The zero-order valence-electron chi connectivity index (χ0n) is 10.8. The number of hydrogen-bond donors (Lipinski definition) is 0. The third kappa shape index (κ3) is 1.68. The number of nitrogens with zero attached hydrogens (tertiary/aromatic N) is 4. The highest BCUT2D eigenvalue weighted by Gasteiger charge is 2.28. The molecule has 96 valence electrons. The third-order valence-corrected chi connectivity index (χ3v) is 3.65. The van der Waals surface area contributed by atoms with Crippen LogP contribution in [0.25, 0.3) is 22.4 Å². The topological polar surface area (TPSA) is 54.5 Å². The molecule has 0 amide bonds. The molecule has 0 saturated heterocycles. The van der Waals surface area contributed by atoms with Gasteiger partial charge in [-0.3, -0.25) is 4.98 Å². The van der Waals surface area contributed by atoms with Crippen LogP contribution in [0, 0.1) is 11.3 Å². The molecule has 0 N–H and O–H groups in total. The Balaban J connectivity index is 2.02. The molecule has 1 fully saturated rings. The number of nitriles is 1. The quantitative estimate of drug-likeness (QED) is 0.710. The minimum Gasteiger partial charge on any atom is -0.321 e. The minimum atomic E-state index is 0.504. The molecule has 1 aliphatic carbocycles. The fourth-order valence-electron chi connectivity index (χ4n) is 2.56. The van der Waals surface area contributed by atoms with Crippen LogP contribution < -0.4 is 0 Å². The van der Waals surface area contributed by atoms with E-state index in [1.165, 1.54) is 12.8 Å². The molecule has 1 aliphatic rings. The molecule has 0 aliphatic heterocycles. The fraction of sp³-hybridized carbons (Fsp3) is 0.188. The van der Waals surface area contributed by atoms with E-state index in [9.17, 15) is 0 Å². The Hall–Kier alpha value is -2.67. The van der Waals surface area contributed by atoms with E-state index in [-0.39, 0.29) is 0 Å². The fourth-order valence-corrected chi connectivity index (χ4v) is 2.56. The lowest BCUT2D eigenvalue weighted by molar-refractivity contribution is 0.775. The van der Waals surface area contributed by atoms with Gasteiger partial charge in [-0.2, -0.15) is 5.26 Å². The number of fused-ring (bicyclic) bond motifs is 1. The van der Waals surface area contributed by atoms with Gasteiger partial charge in [0, 0.05) is 24.0 Å². The van der Waals surface area contributed by atoms with Gasteiger partial charge in [-0.1, -0.05) is 0 Å². The van der Waals surface area contributed by atoms with Crippen LogP contribution in [0.2, 0.25) is 0 Å². The Kier molecular flexibility index (Phi) is 2.33. The number of imidazole rings is 1. The van der Waals surface area contributed by atoms with Gasteiger partial charge in [0.2, 0.25) is 0 Å². The smallest absolute Gasteiger partial charge is 0.142 e. The second-order valence-electron chi connectivity index (χ2n) is 5.09. The Morgan fingerprint density at radius 3 is 2.85 bits per heavy atom. The van der Waals surface area contributed by atoms with E-state index in [1.807, 2.05) is 36.5 Å². The highest BCUT2D eigenvalue weighted by molar-refractivity contribution is 5.82. The van der Waals surface area contributed by atoms with Crippen molar-refractivity contribution in [2.75, 3.05) is 0 Å². The van der Waals surface area contributed by atoms with E-state index >= 15 is 0 Å². The first-order valence-corrected chi connectivity index (χ1v) is 6.69. The highest BCUT2D eigenvalue weighted by atomic mass is 15.1. The van der Waals surface area contributed by atoms with Gasteiger partial charge in [-0.05, 0) is 43.2 Å². The van der Waals surface area contributed by atoms with Crippen molar-refractivity contribution in [3.05, 3.63) is 48.3 Å². The number of benzene rings is 1. The second-order valence-corrected chi connectivity index (χ2v) is 5.09. The lowest BCUT2D eigenvalue weighted by Gasteiger charge is -2.07.